The Balaban J connectivity index is 2.64. The van der Waals surface area contributed by atoms with Gasteiger partial charge in [-0.05, 0) is 11.8 Å². The van der Waals surface area contributed by atoms with E-state index in [2.05, 4.69) is 10.9 Å². The third-order valence-corrected chi connectivity index (χ3v) is 2.25. The van der Waals surface area contributed by atoms with E-state index in [0.29, 0.717) is 11.8 Å². The predicted molar refractivity (Wildman–Crippen MR) is 43.5 cm³/mol. The summed E-state index contributed by atoms with van der Waals surface area (Å²) in [5, 5.41) is 7.28. The van der Waals surface area contributed by atoms with Gasteiger partial charge in [-0.25, -0.2) is 10.2 Å². The van der Waals surface area contributed by atoms with E-state index in [1.807, 2.05) is 0 Å². The van der Waals surface area contributed by atoms with Gasteiger partial charge in [0.2, 0.25) is 0 Å². The molecular weight excluding hydrogens is 198 g/mol. The van der Waals surface area contributed by atoms with E-state index >= 15 is 0 Å². The standard InChI is InChI=1S/C5H7N3O4S/c1-8-3(10)2(9)6-7-4(8)13-5(11)12/h4,7H,1H3,(H,6,9)(H,11,12). The third kappa shape index (κ3) is 2.10. The fourth-order valence-corrected chi connectivity index (χ4v) is 1.31. The average Bonchev–Trinajstić information content (AvgIpc) is 2.06. The average molecular weight is 205 g/mol. The molecule has 0 radical (unpaired) electrons. The minimum absolute atomic E-state index is 0.485. The molecular formula is C5H7N3O4S. The molecule has 1 heterocycles. The molecule has 0 saturated carbocycles. The van der Waals surface area contributed by atoms with Crippen molar-refractivity contribution < 1.29 is 19.5 Å². The van der Waals surface area contributed by atoms with Crippen molar-refractivity contribution in [3.8, 4) is 0 Å². The largest absolute Gasteiger partial charge is 0.473 e. The molecule has 3 N–H and O–H groups in total. The van der Waals surface area contributed by atoms with Crippen molar-refractivity contribution in [2.75, 3.05) is 7.05 Å². The number of likely N-dealkylation sites (N-methyl/N-ethyl adjacent to an activating group) is 1. The molecule has 0 spiro atoms. The Hall–Kier alpha value is -1.28. The Morgan fingerprint density at radius 1 is 1.62 bits per heavy atom. The topological polar surface area (TPSA) is 98.7 Å². The molecule has 72 valence electrons. The van der Waals surface area contributed by atoms with Crippen molar-refractivity contribution in [2.45, 2.75) is 5.50 Å². The van der Waals surface area contributed by atoms with Crippen LogP contribution in [0.2, 0.25) is 0 Å². The van der Waals surface area contributed by atoms with E-state index < -0.39 is 22.6 Å². The van der Waals surface area contributed by atoms with Gasteiger partial charge in [-0.1, -0.05) is 0 Å². The number of carbonyl (C=O) groups excluding carboxylic acids is 2. The van der Waals surface area contributed by atoms with E-state index in [4.69, 9.17) is 5.11 Å². The van der Waals surface area contributed by atoms with Crippen LogP contribution < -0.4 is 10.9 Å². The SMILES string of the molecule is CN1C(=O)C(=O)NNC1SC(=O)O. The normalized spacial score (nSPS) is 22.8. The van der Waals surface area contributed by atoms with Crippen molar-refractivity contribution in [2.24, 2.45) is 0 Å². The van der Waals surface area contributed by atoms with Gasteiger partial charge in [-0.15, -0.1) is 0 Å². The van der Waals surface area contributed by atoms with Gasteiger partial charge in [0.05, 0.1) is 0 Å². The smallest absolute Gasteiger partial charge is 0.368 e. The predicted octanol–water partition coefficient (Wildman–Crippen LogP) is -1.23. The number of hydrogen-bond acceptors (Lipinski definition) is 5. The van der Waals surface area contributed by atoms with Crippen molar-refractivity contribution >= 4 is 28.9 Å². The molecule has 1 saturated heterocycles. The minimum Gasteiger partial charge on any atom is -0.473 e. The molecule has 7 nitrogen and oxygen atoms in total. The van der Waals surface area contributed by atoms with Crippen LogP contribution >= 0.6 is 11.8 Å². The molecule has 13 heavy (non-hydrogen) atoms. The summed E-state index contributed by atoms with van der Waals surface area (Å²) in [5.74, 6) is -1.57. The zero-order valence-corrected chi connectivity index (χ0v) is 7.42. The highest BCUT2D eigenvalue weighted by Gasteiger charge is 2.32. The van der Waals surface area contributed by atoms with Crippen molar-refractivity contribution in [3.63, 3.8) is 0 Å². The Labute approximate surface area is 77.4 Å². The summed E-state index contributed by atoms with van der Waals surface area (Å²) in [6, 6.07) is 0. The Kier molecular flexibility index (Phi) is 2.73. The van der Waals surface area contributed by atoms with Crippen molar-refractivity contribution in [3.05, 3.63) is 0 Å². The molecule has 0 aromatic heterocycles. The van der Waals surface area contributed by atoms with Crippen LogP contribution in [-0.2, 0) is 9.59 Å². The molecule has 0 aromatic carbocycles. The number of carboxylic acid groups (broad SMARTS) is 1. The lowest BCUT2D eigenvalue weighted by Crippen LogP contribution is -2.62. The fraction of sp³-hybridized carbons (Fsp3) is 0.400. The van der Waals surface area contributed by atoms with Gasteiger partial charge in [0.15, 0.2) is 5.50 Å². The number of hydrazine groups is 1. The van der Waals surface area contributed by atoms with Gasteiger partial charge >= 0.3 is 17.1 Å². The number of carbonyl (C=O) groups is 3. The molecule has 1 fully saturated rings. The Morgan fingerprint density at radius 2 is 2.23 bits per heavy atom. The molecule has 0 aromatic rings. The van der Waals surface area contributed by atoms with E-state index in [0.717, 1.165) is 4.90 Å². The number of nitrogens with one attached hydrogen (secondary N) is 2. The summed E-state index contributed by atoms with van der Waals surface area (Å²) in [6.07, 6.45) is 0. The minimum atomic E-state index is -1.13. The van der Waals surface area contributed by atoms with Crippen LogP contribution in [0.3, 0.4) is 0 Å². The molecule has 1 unspecified atom stereocenters. The second kappa shape index (κ2) is 3.62. The second-order valence-electron chi connectivity index (χ2n) is 2.25. The highest BCUT2D eigenvalue weighted by molar-refractivity contribution is 8.13. The van der Waals surface area contributed by atoms with Crippen LogP contribution in [0.1, 0.15) is 0 Å². The first-order chi connectivity index (χ1) is 6.02. The molecule has 2 amide bonds. The molecule has 8 heteroatoms. The molecule has 0 bridgehead atoms. The van der Waals surface area contributed by atoms with Crippen LogP contribution in [0.25, 0.3) is 0 Å². The number of nitrogens with zero attached hydrogens (tertiary/aromatic N) is 1. The van der Waals surface area contributed by atoms with E-state index in [9.17, 15) is 14.4 Å². The van der Waals surface area contributed by atoms with Gasteiger partial charge in [0.25, 0.3) is 0 Å². The first-order valence-electron chi connectivity index (χ1n) is 3.24. The zero-order valence-electron chi connectivity index (χ0n) is 6.60. The van der Waals surface area contributed by atoms with Crippen molar-refractivity contribution in [1.82, 2.24) is 15.8 Å². The first-order valence-corrected chi connectivity index (χ1v) is 4.12. The highest BCUT2D eigenvalue weighted by atomic mass is 32.2. The highest BCUT2D eigenvalue weighted by Crippen LogP contribution is 2.13. The molecule has 1 aliphatic rings. The number of thioether (sulfide) groups is 1. The summed E-state index contributed by atoms with van der Waals surface area (Å²) in [5.41, 5.74) is 3.65. The Bertz CT molecular complexity index is 269. The summed E-state index contributed by atoms with van der Waals surface area (Å²) in [7, 11) is 1.34. The van der Waals surface area contributed by atoms with Gasteiger partial charge in [0, 0.05) is 7.05 Å². The van der Waals surface area contributed by atoms with Gasteiger partial charge in [0.1, 0.15) is 0 Å². The van der Waals surface area contributed by atoms with Crippen LogP contribution in [0, 0.1) is 0 Å². The summed E-state index contributed by atoms with van der Waals surface area (Å²) >= 11 is 0.485. The Morgan fingerprint density at radius 3 is 2.77 bits per heavy atom. The lowest BCUT2D eigenvalue weighted by atomic mass is 10.5. The summed E-state index contributed by atoms with van der Waals surface area (Å²) in [4.78, 5) is 33.0. The van der Waals surface area contributed by atoms with Crippen LogP contribution in [0.15, 0.2) is 0 Å². The van der Waals surface area contributed by atoms with Crippen LogP contribution in [-0.4, -0.2) is 39.7 Å². The lowest BCUT2D eigenvalue weighted by molar-refractivity contribution is -0.149. The summed E-state index contributed by atoms with van der Waals surface area (Å²) in [6.45, 7) is 0. The van der Waals surface area contributed by atoms with Crippen molar-refractivity contribution in [1.29, 1.82) is 0 Å². The van der Waals surface area contributed by atoms with E-state index in [1.54, 1.807) is 0 Å². The van der Waals surface area contributed by atoms with Gasteiger partial charge in [-0.3, -0.25) is 15.0 Å². The quantitative estimate of drug-likeness (QED) is 0.464. The molecule has 1 aliphatic heterocycles. The monoisotopic (exact) mass is 205 g/mol. The number of amides is 2. The second-order valence-corrected chi connectivity index (χ2v) is 3.28. The van der Waals surface area contributed by atoms with E-state index in [1.165, 1.54) is 7.05 Å². The molecule has 0 aliphatic carbocycles. The van der Waals surface area contributed by atoms with Crippen LogP contribution in [0.5, 0.6) is 0 Å². The maximum atomic E-state index is 11.0. The van der Waals surface area contributed by atoms with Crippen LogP contribution in [0.4, 0.5) is 4.79 Å². The number of rotatable bonds is 1. The maximum absolute atomic E-state index is 11.0. The lowest BCUT2D eigenvalue weighted by Gasteiger charge is -2.30. The third-order valence-electron chi connectivity index (χ3n) is 1.39. The maximum Gasteiger partial charge on any atom is 0.368 e. The van der Waals surface area contributed by atoms with Gasteiger partial charge in [-0.2, -0.15) is 0 Å². The number of hydrogen-bond donors (Lipinski definition) is 3. The van der Waals surface area contributed by atoms with E-state index in [-0.39, 0.29) is 0 Å². The molecule has 1 atom stereocenters. The first kappa shape index (κ1) is 9.81. The molecule has 1 rings (SSSR count). The fourth-order valence-electron chi connectivity index (χ4n) is 0.748. The summed E-state index contributed by atoms with van der Waals surface area (Å²) < 4.78 is 0. The van der Waals surface area contributed by atoms with Gasteiger partial charge < -0.3 is 10.0 Å². The zero-order chi connectivity index (χ0) is 10.0.